The Labute approximate surface area is 125 Å². The Kier molecular flexibility index (Phi) is 5.47. The van der Waals surface area contributed by atoms with Crippen molar-refractivity contribution in [3.63, 3.8) is 0 Å². The van der Waals surface area contributed by atoms with Gasteiger partial charge in [0, 0.05) is 6.04 Å². The third-order valence-electron chi connectivity index (χ3n) is 3.01. The number of hydrogen-bond donors (Lipinski definition) is 0. The van der Waals surface area contributed by atoms with Crippen LogP contribution in [0.5, 0.6) is 0 Å². The lowest BCUT2D eigenvalue weighted by Gasteiger charge is -2.24. The van der Waals surface area contributed by atoms with Gasteiger partial charge >= 0.3 is 5.97 Å². The van der Waals surface area contributed by atoms with Crippen LogP contribution < -0.4 is 0 Å². The van der Waals surface area contributed by atoms with E-state index in [0.717, 1.165) is 4.31 Å². The molecule has 7 heteroatoms. The monoisotopic (exact) mass is 310 g/mol. The van der Waals surface area contributed by atoms with E-state index in [0.29, 0.717) is 11.1 Å². The van der Waals surface area contributed by atoms with Crippen LogP contribution in [0.4, 0.5) is 0 Å². The minimum Gasteiger partial charge on any atom is -0.468 e. The van der Waals surface area contributed by atoms with Crippen LogP contribution in [0, 0.1) is 18.3 Å². The number of carbonyl (C=O) groups is 1. The van der Waals surface area contributed by atoms with Gasteiger partial charge in [-0.15, -0.1) is 0 Å². The van der Waals surface area contributed by atoms with Crippen molar-refractivity contribution in [1.82, 2.24) is 4.31 Å². The van der Waals surface area contributed by atoms with Crippen molar-refractivity contribution in [2.75, 3.05) is 13.7 Å². The summed E-state index contributed by atoms with van der Waals surface area (Å²) in [7, 11) is -2.62. The van der Waals surface area contributed by atoms with E-state index >= 15 is 0 Å². The van der Waals surface area contributed by atoms with E-state index in [1.807, 2.05) is 6.07 Å². The Hall–Kier alpha value is -1.91. The number of ether oxygens (including phenoxy) is 1. The third kappa shape index (κ3) is 3.80. The summed E-state index contributed by atoms with van der Waals surface area (Å²) in [5.74, 6) is -0.627. The zero-order valence-electron chi connectivity index (χ0n) is 12.5. The quantitative estimate of drug-likeness (QED) is 0.768. The predicted octanol–water partition coefficient (Wildman–Crippen LogP) is 1.44. The molecule has 114 valence electrons. The average Bonchev–Trinajstić information content (AvgIpc) is 2.43. The summed E-state index contributed by atoms with van der Waals surface area (Å²) >= 11 is 0. The number of sulfonamides is 1. The summed E-state index contributed by atoms with van der Waals surface area (Å²) in [6.45, 7) is 4.67. The predicted molar refractivity (Wildman–Crippen MR) is 76.9 cm³/mol. The number of aryl methyl sites for hydroxylation is 1. The van der Waals surface area contributed by atoms with Crippen molar-refractivity contribution in [1.29, 1.82) is 5.26 Å². The minimum absolute atomic E-state index is 0.0524. The first-order valence-electron chi connectivity index (χ1n) is 6.33. The smallest absolute Gasteiger partial charge is 0.321 e. The van der Waals surface area contributed by atoms with Gasteiger partial charge in [-0.05, 0) is 44.5 Å². The number of hydrogen-bond acceptors (Lipinski definition) is 5. The van der Waals surface area contributed by atoms with E-state index in [4.69, 9.17) is 5.26 Å². The highest BCUT2D eigenvalue weighted by Crippen LogP contribution is 2.21. The van der Waals surface area contributed by atoms with Gasteiger partial charge in [0.05, 0.1) is 23.6 Å². The molecule has 0 atom stereocenters. The highest BCUT2D eigenvalue weighted by Gasteiger charge is 2.29. The van der Waals surface area contributed by atoms with E-state index in [9.17, 15) is 13.2 Å². The number of benzene rings is 1. The number of nitrogens with zero attached hydrogens (tertiary/aromatic N) is 2. The lowest BCUT2D eigenvalue weighted by atomic mass is 10.1. The summed E-state index contributed by atoms with van der Waals surface area (Å²) in [4.78, 5) is 11.5. The van der Waals surface area contributed by atoms with E-state index < -0.39 is 22.0 Å². The Balaban J connectivity index is 3.27. The normalized spacial score (nSPS) is 11.5. The molecule has 0 radical (unpaired) electrons. The molecular formula is C14H18N2O4S. The average molecular weight is 310 g/mol. The van der Waals surface area contributed by atoms with Crippen LogP contribution in [0.25, 0.3) is 0 Å². The van der Waals surface area contributed by atoms with Crippen LogP contribution in [0.15, 0.2) is 23.1 Å². The van der Waals surface area contributed by atoms with Crippen LogP contribution in [0.2, 0.25) is 0 Å². The fourth-order valence-corrected chi connectivity index (χ4v) is 3.46. The SMILES string of the molecule is COC(=O)CN(C(C)C)S(=O)(=O)c1ccc(C#N)c(C)c1. The molecule has 0 aliphatic heterocycles. The van der Waals surface area contributed by atoms with Crippen LogP contribution >= 0.6 is 0 Å². The van der Waals surface area contributed by atoms with Crippen molar-refractivity contribution >= 4 is 16.0 Å². The van der Waals surface area contributed by atoms with Gasteiger partial charge in [-0.1, -0.05) is 0 Å². The molecule has 0 N–H and O–H groups in total. The first-order chi connectivity index (χ1) is 9.73. The summed E-state index contributed by atoms with van der Waals surface area (Å²) < 4.78 is 30.8. The maximum atomic E-state index is 12.6. The number of rotatable bonds is 5. The van der Waals surface area contributed by atoms with Crippen molar-refractivity contribution in [3.05, 3.63) is 29.3 Å². The number of nitriles is 1. The molecular weight excluding hydrogens is 292 g/mol. The van der Waals surface area contributed by atoms with Crippen LogP contribution in [-0.2, 0) is 19.6 Å². The van der Waals surface area contributed by atoms with Gasteiger partial charge in [-0.3, -0.25) is 4.79 Å². The van der Waals surface area contributed by atoms with Crippen LogP contribution in [-0.4, -0.2) is 38.4 Å². The lowest BCUT2D eigenvalue weighted by Crippen LogP contribution is -2.41. The maximum Gasteiger partial charge on any atom is 0.321 e. The lowest BCUT2D eigenvalue weighted by molar-refractivity contribution is -0.141. The summed E-state index contributed by atoms with van der Waals surface area (Å²) in [5, 5.41) is 8.89. The topological polar surface area (TPSA) is 87.5 Å². The molecule has 0 heterocycles. The third-order valence-corrected chi connectivity index (χ3v) is 5.03. The Morgan fingerprint density at radius 1 is 1.43 bits per heavy atom. The molecule has 0 saturated carbocycles. The Bertz CT molecular complexity index is 675. The highest BCUT2D eigenvalue weighted by molar-refractivity contribution is 7.89. The van der Waals surface area contributed by atoms with Gasteiger partial charge in [-0.25, -0.2) is 8.42 Å². The first-order valence-corrected chi connectivity index (χ1v) is 7.77. The van der Waals surface area contributed by atoms with E-state index in [2.05, 4.69) is 4.74 Å². The molecule has 0 bridgehead atoms. The van der Waals surface area contributed by atoms with Crippen molar-refractivity contribution in [2.45, 2.75) is 31.7 Å². The van der Waals surface area contributed by atoms with E-state index in [-0.39, 0.29) is 11.4 Å². The number of carbonyl (C=O) groups excluding carboxylic acids is 1. The summed E-state index contributed by atoms with van der Waals surface area (Å²) in [6.07, 6.45) is 0. The highest BCUT2D eigenvalue weighted by atomic mass is 32.2. The van der Waals surface area contributed by atoms with Crippen molar-refractivity contribution in [2.24, 2.45) is 0 Å². The van der Waals surface area contributed by atoms with Gasteiger partial charge in [0.2, 0.25) is 10.0 Å². The first kappa shape index (κ1) is 17.1. The van der Waals surface area contributed by atoms with Crippen molar-refractivity contribution in [3.8, 4) is 6.07 Å². The van der Waals surface area contributed by atoms with Crippen molar-refractivity contribution < 1.29 is 17.9 Å². The molecule has 1 aromatic carbocycles. The molecule has 1 rings (SSSR count). The molecule has 0 aliphatic carbocycles. The zero-order valence-corrected chi connectivity index (χ0v) is 13.3. The molecule has 1 aromatic rings. The molecule has 0 saturated heterocycles. The Morgan fingerprint density at radius 2 is 2.05 bits per heavy atom. The molecule has 0 aromatic heterocycles. The van der Waals surface area contributed by atoms with Gasteiger partial charge < -0.3 is 4.74 Å². The molecule has 0 fully saturated rings. The maximum absolute atomic E-state index is 12.6. The minimum atomic E-state index is -3.83. The standard InChI is InChI=1S/C14H18N2O4S/c1-10(2)16(9-14(17)20-4)21(18,19)13-6-5-12(8-15)11(3)7-13/h5-7,10H,9H2,1-4H3. The molecule has 6 nitrogen and oxygen atoms in total. The molecule has 0 aliphatic rings. The molecule has 0 amide bonds. The molecule has 0 spiro atoms. The van der Waals surface area contributed by atoms with E-state index in [1.165, 1.54) is 25.3 Å². The second-order valence-corrected chi connectivity index (χ2v) is 6.70. The van der Waals surface area contributed by atoms with Gasteiger partial charge in [0.15, 0.2) is 0 Å². The zero-order chi connectivity index (χ0) is 16.2. The number of methoxy groups -OCH3 is 1. The summed E-state index contributed by atoms with van der Waals surface area (Å²) in [5.41, 5.74) is 0.985. The van der Waals surface area contributed by atoms with Crippen LogP contribution in [0.1, 0.15) is 25.0 Å². The van der Waals surface area contributed by atoms with Crippen LogP contribution in [0.3, 0.4) is 0 Å². The fraction of sp³-hybridized carbons (Fsp3) is 0.429. The second kappa shape index (κ2) is 6.70. The summed E-state index contributed by atoms with van der Waals surface area (Å²) in [6, 6.07) is 5.84. The van der Waals surface area contributed by atoms with E-state index in [1.54, 1.807) is 20.8 Å². The van der Waals surface area contributed by atoms with Gasteiger partial charge in [-0.2, -0.15) is 9.57 Å². The van der Waals surface area contributed by atoms with Gasteiger partial charge in [0.1, 0.15) is 6.54 Å². The fourth-order valence-electron chi connectivity index (χ4n) is 1.79. The second-order valence-electron chi connectivity index (χ2n) is 4.81. The Morgan fingerprint density at radius 3 is 2.48 bits per heavy atom. The number of esters is 1. The van der Waals surface area contributed by atoms with Gasteiger partial charge in [0.25, 0.3) is 0 Å². The largest absolute Gasteiger partial charge is 0.468 e. The molecule has 0 unspecified atom stereocenters. The molecule has 21 heavy (non-hydrogen) atoms.